The molecule has 2 N–H and O–H groups in total. The van der Waals surface area contributed by atoms with Crippen molar-refractivity contribution in [3.63, 3.8) is 0 Å². The number of carbonyl (C=O) groups excluding carboxylic acids is 1. The molecule has 3 aromatic carbocycles. The van der Waals surface area contributed by atoms with E-state index in [-0.39, 0.29) is 10.8 Å². The van der Waals surface area contributed by atoms with E-state index in [1.165, 1.54) is 12.1 Å². The van der Waals surface area contributed by atoms with Crippen LogP contribution in [0.25, 0.3) is 0 Å². The molecule has 0 spiro atoms. The monoisotopic (exact) mass is 380 g/mol. The first-order valence-corrected chi connectivity index (χ1v) is 9.98. The minimum Gasteiger partial charge on any atom is -0.330 e. The molecule has 0 saturated carbocycles. The second-order valence-electron chi connectivity index (χ2n) is 6.20. The number of primary sulfonamides is 1. The Morgan fingerprint density at radius 3 is 1.74 bits per heavy atom. The largest absolute Gasteiger partial charge is 0.330 e. The summed E-state index contributed by atoms with van der Waals surface area (Å²) in [5.41, 5.74) is 2.44. The van der Waals surface area contributed by atoms with Gasteiger partial charge in [-0.05, 0) is 35.4 Å². The Kier molecular flexibility index (Phi) is 5.69. The zero-order chi connectivity index (χ0) is 19.3. The Bertz CT molecular complexity index is 1000. The summed E-state index contributed by atoms with van der Waals surface area (Å²) in [5.74, 6) is -0.0880. The molecule has 0 unspecified atom stereocenters. The topological polar surface area (TPSA) is 80.5 Å². The molecule has 0 fully saturated rings. The fraction of sp³-hybridized carbons (Fsp3) is 0.0952. The molecule has 0 bridgehead atoms. The van der Waals surface area contributed by atoms with Crippen molar-refractivity contribution in [3.8, 4) is 0 Å². The van der Waals surface area contributed by atoms with Crippen molar-refractivity contribution in [2.45, 2.75) is 18.0 Å². The molecule has 0 radical (unpaired) electrons. The molecule has 0 atom stereocenters. The number of hydrogen-bond donors (Lipinski definition) is 1. The lowest BCUT2D eigenvalue weighted by atomic mass is 10.1. The van der Waals surface area contributed by atoms with E-state index in [9.17, 15) is 13.2 Å². The van der Waals surface area contributed by atoms with Crippen molar-refractivity contribution in [2.75, 3.05) is 0 Å². The van der Waals surface area contributed by atoms with Gasteiger partial charge in [0.05, 0.1) is 4.90 Å². The normalized spacial score (nSPS) is 11.1. The summed E-state index contributed by atoms with van der Waals surface area (Å²) in [4.78, 5) is 14.8. The van der Waals surface area contributed by atoms with Gasteiger partial charge in [0.2, 0.25) is 10.0 Å². The predicted molar refractivity (Wildman–Crippen MR) is 104 cm³/mol. The SMILES string of the molecule is NS(=O)(=O)c1ccc(CN(Cc2ccccc2)C(=O)c2ccccc2)cc1. The van der Waals surface area contributed by atoms with Crippen LogP contribution >= 0.6 is 0 Å². The number of sulfonamides is 1. The Hall–Kier alpha value is -2.96. The van der Waals surface area contributed by atoms with Crippen molar-refractivity contribution in [3.05, 3.63) is 102 Å². The Morgan fingerprint density at radius 2 is 1.22 bits per heavy atom. The molecular weight excluding hydrogens is 360 g/mol. The average Bonchev–Trinajstić information content (AvgIpc) is 2.68. The number of benzene rings is 3. The molecule has 1 amide bonds. The zero-order valence-electron chi connectivity index (χ0n) is 14.7. The van der Waals surface area contributed by atoms with E-state index in [0.717, 1.165) is 11.1 Å². The van der Waals surface area contributed by atoms with Gasteiger partial charge in [-0.2, -0.15) is 0 Å². The molecule has 6 heteroatoms. The first kappa shape index (κ1) is 18.8. The third-order valence-electron chi connectivity index (χ3n) is 4.15. The molecule has 27 heavy (non-hydrogen) atoms. The third kappa shape index (κ3) is 5.03. The van der Waals surface area contributed by atoms with Gasteiger partial charge in [-0.25, -0.2) is 13.6 Å². The van der Waals surface area contributed by atoms with E-state index < -0.39 is 10.0 Å². The Labute approximate surface area is 159 Å². The van der Waals surface area contributed by atoms with Crippen LogP contribution < -0.4 is 5.14 Å². The molecule has 3 aromatic rings. The number of hydrogen-bond acceptors (Lipinski definition) is 3. The molecule has 0 aliphatic rings. The van der Waals surface area contributed by atoms with E-state index in [1.54, 1.807) is 29.2 Å². The van der Waals surface area contributed by atoms with Crippen LogP contribution in [0.4, 0.5) is 0 Å². The van der Waals surface area contributed by atoms with E-state index in [2.05, 4.69) is 0 Å². The lowest BCUT2D eigenvalue weighted by Gasteiger charge is -2.23. The summed E-state index contributed by atoms with van der Waals surface area (Å²) in [5, 5.41) is 5.14. The van der Waals surface area contributed by atoms with Crippen molar-refractivity contribution < 1.29 is 13.2 Å². The summed E-state index contributed by atoms with van der Waals surface area (Å²) in [6.45, 7) is 0.805. The van der Waals surface area contributed by atoms with Crippen LogP contribution in [0.15, 0.2) is 89.8 Å². The number of amides is 1. The van der Waals surface area contributed by atoms with Crippen molar-refractivity contribution >= 4 is 15.9 Å². The van der Waals surface area contributed by atoms with Crippen LogP contribution in [0, 0.1) is 0 Å². The van der Waals surface area contributed by atoms with Gasteiger partial charge in [0.1, 0.15) is 0 Å². The van der Waals surface area contributed by atoms with Gasteiger partial charge >= 0.3 is 0 Å². The lowest BCUT2D eigenvalue weighted by Crippen LogP contribution is -2.30. The number of rotatable bonds is 6. The minimum absolute atomic E-state index is 0.0512. The fourth-order valence-corrected chi connectivity index (χ4v) is 3.29. The highest BCUT2D eigenvalue weighted by Crippen LogP contribution is 2.16. The highest BCUT2D eigenvalue weighted by molar-refractivity contribution is 7.89. The maximum atomic E-state index is 13.0. The van der Waals surface area contributed by atoms with Gasteiger partial charge in [-0.15, -0.1) is 0 Å². The predicted octanol–water partition coefficient (Wildman–Crippen LogP) is 3.18. The summed E-state index contributed by atoms with van der Waals surface area (Å²) >= 11 is 0. The van der Waals surface area contributed by atoms with Crippen molar-refractivity contribution in [2.24, 2.45) is 5.14 Å². The fourth-order valence-electron chi connectivity index (χ4n) is 2.77. The van der Waals surface area contributed by atoms with Gasteiger partial charge < -0.3 is 4.90 Å². The zero-order valence-corrected chi connectivity index (χ0v) is 15.5. The van der Waals surface area contributed by atoms with Crippen molar-refractivity contribution in [1.82, 2.24) is 4.90 Å². The number of nitrogens with two attached hydrogens (primary N) is 1. The van der Waals surface area contributed by atoms with Crippen molar-refractivity contribution in [1.29, 1.82) is 0 Å². The molecule has 0 heterocycles. The molecule has 0 aromatic heterocycles. The summed E-state index contributed by atoms with van der Waals surface area (Å²) in [6, 6.07) is 25.1. The maximum absolute atomic E-state index is 13.0. The van der Waals surface area contributed by atoms with E-state index >= 15 is 0 Å². The minimum atomic E-state index is -3.74. The highest BCUT2D eigenvalue weighted by Gasteiger charge is 2.17. The standard InChI is InChI=1S/C21H20N2O3S/c22-27(25,26)20-13-11-18(12-14-20)16-23(15-17-7-3-1-4-8-17)21(24)19-9-5-2-6-10-19/h1-14H,15-16H2,(H2,22,25,26). The first-order chi connectivity index (χ1) is 12.9. The van der Waals surface area contributed by atoms with Crippen LogP contribution in [0.1, 0.15) is 21.5 Å². The molecule has 0 aliphatic carbocycles. The van der Waals surface area contributed by atoms with Gasteiger partial charge in [0.15, 0.2) is 0 Å². The molecule has 5 nitrogen and oxygen atoms in total. The second-order valence-corrected chi connectivity index (χ2v) is 7.76. The van der Waals surface area contributed by atoms with E-state index in [1.807, 2.05) is 48.5 Å². The Morgan fingerprint density at radius 1 is 0.741 bits per heavy atom. The van der Waals surface area contributed by atoms with E-state index in [0.29, 0.717) is 18.7 Å². The van der Waals surface area contributed by atoms with Crippen LogP contribution in [0.3, 0.4) is 0 Å². The van der Waals surface area contributed by atoms with Crippen LogP contribution in [0.2, 0.25) is 0 Å². The van der Waals surface area contributed by atoms with Crippen LogP contribution in [-0.2, 0) is 23.1 Å². The summed E-state index contributed by atoms with van der Waals surface area (Å²) < 4.78 is 22.8. The smallest absolute Gasteiger partial charge is 0.254 e. The molecule has 0 aliphatic heterocycles. The Balaban J connectivity index is 1.86. The third-order valence-corrected chi connectivity index (χ3v) is 5.08. The molecular formula is C21H20N2O3S. The van der Waals surface area contributed by atoms with Crippen LogP contribution in [-0.4, -0.2) is 19.2 Å². The quantitative estimate of drug-likeness (QED) is 0.713. The summed E-state index contributed by atoms with van der Waals surface area (Å²) in [7, 11) is -3.74. The lowest BCUT2D eigenvalue weighted by molar-refractivity contribution is 0.0730. The van der Waals surface area contributed by atoms with Gasteiger partial charge in [-0.3, -0.25) is 4.79 Å². The average molecular weight is 380 g/mol. The van der Waals surface area contributed by atoms with Crippen LogP contribution in [0.5, 0.6) is 0 Å². The first-order valence-electron chi connectivity index (χ1n) is 8.43. The second kappa shape index (κ2) is 8.16. The maximum Gasteiger partial charge on any atom is 0.254 e. The molecule has 3 rings (SSSR count). The van der Waals surface area contributed by atoms with Gasteiger partial charge in [0, 0.05) is 18.7 Å². The molecule has 0 saturated heterocycles. The number of nitrogens with zero attached hydrogens (tertiary/aromatic N) is 1. The van der Waals surface area contributed by atoms with Gasteiger partial charge in [-0.1, -0.05) is 60.7 Å². The van der Waals surface area contributed by atoms with Gasteiger partial charge in [0.25, 0.3) is 5.91 Å². The summed E-state index contributed by atoms with van der Waals surface area (Å²) in [6.07, 6.45) is 0. The molecule has 138 valence electrons. The highest BCUT2D eigenvalue weighted by atomic mass is 32.2. The van der Waals surface area contributed by atoms with E-state index in [4.69, 9.17) is 5.14 Å². The number of carbonyl (C=O) groups is 1.